The Balaban J connectivity index is 1.91. The highest BCUT2D eigenvalue weighted by Gasteiger charge is 2.37. The zero-order chi connectivity index (χ0) is 9.86. The van der Waals surface area contributed by atoms with Gasteiger partial charge < -0.3 is 10.5 Å². The van der Waals surface area contributed by atoms with Crippen molar-refractivity contribution in [2.45, 2.75) is 69.5 Å². The van der Waals surface area contributed by atoms with E-state index in [1.54, 1.807) is 0 Å². The lowest BCUT2D eigenvalue weighted by Gasteiger charge is -2.44. The van der Waals surface area contributed by atoms with E-state index >= 15 is 0 Å². The van der Waals surface area contributed by atoms with Crippen LogP contribution in [0.25, 0.3) is 0 Å². The molecule has 1 unspecified atom stereocenters. The highest BCUT2D eigenvalue weighted by molar-refractivity contribution is 4.88. The summed E-state index contributed by atoms with van der Waals surface area (Å²) in [5, 5.41) is 0. The first kappa shape index (κ1) is 10.4. The lowest BCUT2D eigenvalue weighted by atomic mass is 9.78. The predicted octanol–water partition coefficient (Wildman–Crippen LogP) is 2.61. The molecule has 1 aliphatic heterocycles. The summed E-state index contributed by atoms with van der Waals surface area (Å²) in [6.07, 6.45) is 12.2. The third kappa shape index (κ3) is 2.29. The van der Waals surface area contributed by atoms with Gasteiger partial charge in [0.1, 0.15) is 0 Å². The van der Waals surface area contributed by atoms with Crippen LogP contribution in [0.3, 0.4) is 0 Å². The molecule has 1 saturated heterocycles. The molecule has 14 heavy (non-hydrogen) atoms. The Labute approximate surface area is 87.2 Å². The SMILES string of the molecule is NCCC1CCCC2(CCCCC2)O1. The molecular weight excluding hydrogens is 174 g/mol. The van der Waals surface area contributed by atoms with Gasteiger partial charge in [-0.1, -0.05) is 19.3 Å². The molecule has 0 amide bonds. The van der Waals surface area contributed by atoms with Crippen LogP contribution in [-0.2, 0) is 4.74 Å². The Kier molecular flexibility index (Phi) is 3.45. The van der Waals surface area contributed by atoms with Crippen molar-refractivity contribution in [3.63, 3.8) is 0 Å². The maximum atomic E-state index is 6.28. The van der Waals surface area contributed by atoms with Crippen molar-refractivity contribution in [2.24, 2.45) is 5.73 Å². The molecule has 1 heterocycles. The number of rotatable bonds is 2. The van der Waals surface area contributed by atoms with Gasteiger partial charge >= 0.3 is 0 Å². The molecule has 2 N–H and O–H groups in total. The molecule has 82 valence electrons. The van der Waals surface area contributed by atoms with Gasteiger partial charge in [0, 0.05) is 0 Å². The Morgan fingerprint density at radius 1 is 1.07 bits per heavy atom. The van der Waals surface area contributed by atoms with Gasteiger partial charge in [0.15, 0.2) is 0 Å². The van der Waals surface area contributed by atoms with Gasteiger partial charge in [0.2, 0.25) is 0 Å². The summed E-state index contributed by atoms with van der Waals surface area (Å²) in [6.45, 7) is 0.779. The lowest BCUT2D eigenvalue weighted by molar-refractivity contribution is -0.146. The summed E-state index contributed by atoms with van der Waals surface area (Å²) in [5.74, 6) is 0. The minimum absolute atomic E-state index is 0.274. The average Bonchev–Trinajstić information content (AvgIpc) is 2.19. The number of ether oxygens (including phenoxy) is 1. The normalized spacial score (nSPS) is 31.9. The van der Waals surface area contributed by atoms with Gasteiger partial charge in [0.05, 0.1) is 11.7 Å². The highest BCUT2D eigenvalue weighted by Crippen LogP contribution is 2.40. The molecule has 1 atom stereocenters. The van der Waals surface area contributed by atoms with Crippen molar-refractivity contribution in [2.75, 3.05) is 6.54 Å². The highest BCUT2D eigenvalue weighted by atomic mass is 16.5. The lowest BCUT2D eigenvalue weighted by Crippen LogP contribution is -2.42. The van der Waals surface area contributed by atoms with Gasteiger partial charge in [-0.15, -0.1) is 0 Å². The molecule has 0 bridgehead atoms. The Hall–Kier alpha value is -0.0800. The van der Waals surface area contributed by atoms with Crippen molar-refractivity contribution in [1.82, 2.24) is 0 Å². The third-order valence-corrected chi connectivity index (χ3v) is 3.83. The van der Waals surface area contributed by atoms with Crippen LogP contribution in [0.2, 0.25) is 0 Å². The maximum absolute atomic E-state index is 6.28. The fraction of sp³-hybridized carbons (Fsp3) is 1.00. The number of nitrogens with two attached hydrogens (primary N) is 1. The van der Waals surface area contributed by atoms with Crippen LogP contribution in [0.5, 0.6) is 0 Å². The second-order valence-electron chi connectivity index (χ2n) is 4.95. The van der Waals surface area contributed by atoms with Crippen molar-refractivity contribution in [1.29, 1.82) is 0 Å². The topological polar surface area (TPSA) is 35.2 Å². The summed E-state index contributed by atoms with van der Waals surface area (Å²) in [4.78, 5) is 0. The molecule has 0 aromatic rings. The quantitative estimate of drug-likeness (QED) is 0.738. The Bertz CT molecular complexity index is 168. The molecule has 1 aliphatic carbocycles. The molecule has 2 rings (SSSR count). The van der Waals surface area contributed by atoms with E-state index in [-0.39, 0.29) is 5.60 Å². The number of hydrogen-bond acceptors (Lipinski definition) is 2. The molecule has 2 heteroatoms. The molecule has 0 aromatic heterocycles. The first-order chi connectivity index (χ1) is 6.85. The van der Waals surface area contributed by atoms with E-state index in [1.165, 1.54) is 51.4 Å². The van der Waals surface area contributed by atoms with E-state index in [2.05, 4.69) is 0 Å². The van der Waals surface area contributed by atoms with E-state index in [0.717, 1.165) is 13.0 Å². The van der Waals surface area contributed by atoms with Crippen LogP contribution in [0.15, 0.2) is 0 Å². The van der Waals surface area contributed by atoms with Crippen molar-refractivity contribution < 1.29 is 4.74 Å². The van der Waals surface area contributed by atoms with Crippen molar-refractivity contribution >= 4 is 0 Å². The van der Waals surface area contributed by atoms with E-state index < -0.39 is 0 Å². The van der Waals surface area contributed by atoms with E-state index in [4.69, 9.17) is 10.5 Å². The molecule has 0 radical (unpaired) electrons. The molecule has 2 fully saturated rings. The number of hydrogen-bond donors (Lipinski definition) is 1. The van der Waals surface area contributed by atoms with Gasteiger partial charge in [-0.05, 0) is 45.1 Å². The van der Waals surface area contributed by atoms with Gasteiger partial charge in [-0.2, -0.15) is 0 Å². The molecular formula is C12H23NO. The largest absolute Gasteiger partial charge is 0.372 e. The fourth-order valence-electron chi connectivity index (χ4n) is 3.08. The van der Waals surface area contributed by atoms with E-state index in [1.807, 2.05) is 0 Å². The third-order valence-electron chi connectivity index (χ3n) is 3.83. The average molecular weight is 197 g/mol. The summed E-state index contributed by atoms with van der Waals surface area (Å²) in [6, 6.07) is 0. The first-order valence-corrected chi connectivity index (χ1v) is 6.23. The Morgan fingerprint density at radius 2 is 1.79 bits per heavy atom. The zero-order valence-corrected chi connectivity index (χ0v) is 9.13. The molecule has 0 aromatic carbocycles. The minimum atomic E-state index is 0.274. The summed E-state index contributed by atoms with van der Waals surface area (Å²) in [5.41, 5.74) is 5.87. The maximum Gasteiger partial charge on any atom is 0.0686 e. The van der Waals surface area contributed by atoms with Crippen molar-refractivity contribution in [3.05, 3.63) is 0 Å². The molecule has 2 aliphatic rings. The van der Waals surface area contributed by atoms with Crippen LogP contribution in [0, 0.1) is 0 Å². The molecule has 1 spiro atoms. The summed E-state index contributed by atoms with van der Waals surface area (Å²) in [7, 11) is 0. The Morgan fingerprint density at radius 3 is 2.50 bits per heavy atom. The summed E-state index contributed by atoms with van der Waals surface area (Å²) < 4.78 is 6.28. The molecule has 1 saturated carbocycles. The smallest absolute Gasteiger partial charge is 0.0686 e. The van der Waals surface area contributed by atoms with Crippen LogP contribution >= 0.6 is 0 Å². The predicted molar refractivity (Wildman–Crippen MR) is 58.2 cm³/mol. The van der Waals surface area contributed by atoms with E-state index in [9.17, 15) is 0 Å². The monoisotopic (exact) mass is 197 g/mol. The van der Waals surface area contributed by atoms with Gasteiger partial charge in [-0.25, -0.2) is 0 Å². The van der Waals surface area contributed by atoms with Gasteiger partial charge in [-0.3, -0.25) is 0 Å². The van der Waals surface area contributed by atoms with Crippen LogP contribution < -0.4 is 5.73 Å². The van der Waals surface area contributed by atoms with Crippen LogP contribution in [0.1, 0.15) is 57.8 Å². The second-order valence-corrected chi connectivity index (χ2v) is 4.95. The minimum Gasteiger partial charge on any atom is -0.372 e. The van der Waals surface area contributed by atoms with Gasteiger partial charge in [0.25, 0.3) is 0 Å². The standard InChI is InChI=1S/C12H23NO/c13-10-6-11-5-4-9-12(14-11)7-2-1-3-8-12/h11H,1-10,13H2. The zero-order valence-electron chi connectivity index (χ0n) is 9.13. The van der Waals surface area contributed by atoms with Crippen LogP contribution in [0.4, 0.5) is 0 Å². The first-order valence-electron chi connectivity index (χ1n) is 6.23. The second kappa shape index (κ2) is 4.63. The molecule has 2 nitrogen and oxygen atoms in total. The fourth-order valence-corrected chi connectivity index (χ4v) is 3.08. The summed E-state index contributed by atoms with van der Waals surface area (Å²) >= 11 is 0. The van der Waals surface area contributed by atoms with E-state index in [0.29, 0.717) is 6.10 Å². The van der Waals surface area contributed by atoms with Crippen molar-refractivity contribution in [3.8, 4) is 0 Å². The van der Waals surface area contributed by atoms with Crippen LogP contribution in [-0.4, -0.2) is 18.2 Å².